The first-order chi connectivity index (χ1) is 9.85. The van der Waals surface area contributed by atoms with Crippen molar-refractivity contribution in [2.75, 3.05) is 27.2 Å². The van der Waals surface area contributed by atoms with Crippen LogP contribution >= 0.6 is 11.3 Å². The van der Waals surface area contributed by atoms with Crippen LogP contribution < -0.4 is 5.32 Å². The predicted molar refractivity (Wildman–Crippen MR) is 82.7 cm³/mol. The van der Waals surface area contributed by atoms with Gasteiger partial charge in [0.15, 0.2) is 0 Å². The highest BCUT2D eigenvalue weighted by molar-refractivity contribution is 7.11. The van der Waals surface area contributed by atoms with Gasteiger partial charge in [-0.15, -0.1) is 11.3 Å². The van der Waals surface area contributed by atoms with Crippen LogP contribution in [0.2, 0.25) is 0 Å². The number of hydrogen-bond donors (Lipinski definition) is 1. The quantitative estimate of drug-likeness (QED) is 0.775. The van der Waals surface area contributed by atoms with Gasteiger partial charge in [-0.1, -0.05) is 13.8 Å². The van der Waals surface area contributed by atoms with E-state index < -0.39 is 5.97 Å². The molecule has 1 unspecified atom stereocenters. The van der Waals surface area contributed by atoms with E-state index in [0.29, 0.717) is 5.92 Å². The number of carbonyl (C=O) groups excluding carboxylic acids is 2. The van der Waals surface area contributed by atoms with E-state index >= 15 is 0 Å². The van der Waals surface area contributed by atoms with E-state index in [1.54, 1.807) is 12.3 Å². The van der Waals surface area contributed by atoms with Gasteiger partial charge in [-0.05, 0) is 26.9 Å². The summed E-state index contributed by atoms with van der Waals surface area (Å²) in [6.07, 6.45) is 0. The van der Waals surface area contributed by atoms with E-state index in [0.717, 1.165) is 17.9 Å². The Hall–Kier alpha value is -1.47. The largest absolute Gasteiger partial charge is 0.461 e. The first-order valence-electron chi connectivity index (χ1n) is 6.93. The molecule has 0 saturated carbocycles. The van der Waals surface area contributed by atoms with Gasteiger partial charge >= 0.3 is 5.97 Å². The van der Waals surface area contributed by atoms with E-state index in [4.69, 9.17) is 4.74 Å². The van der Waals surface area contributed by atoms with Crippen LogP contribution in [0.4, 0.5) is 0 Å². The minimum Gasteiger partial charge on any atom is -0.461 e. The zero-order chi connectivity index (χ0) is 16.0. The Labute approximate surface area is 129 Å². The maximum atomic E-state index is 12.2. The SMILES string of the molecule is CCOC(=O)c1nc(C(=O)NC(CN(C)C)C(C)C)cs1. The molecule has 118 valence electrons. The standard InChI is InChI=1S/C14H23N3O3S/c1-6-20-14(19)13-16-11(8-21-13)12(18)15-10(9(2)3)7-17(4)5/h8-10H,6-7H2,1-5H3,(H,15,18). The smallest absolute Gasteiger partial charge is 0.367 e. The molecule has 1 amide bonds. The van der Waals surface area contributed by atoms with Crippen LogP contribution in [0.3, 0.4) is 0 Å². The zero-order valence-corrected chi connectivity index (χ0v) is 14.0. The van der Waals surface area contributed by atoms with Gasteiger partial charge in [-0.2, -0.15) is 0 Å². The Bertz CT molecular complexity index is 486. The fraction of sp³-hybridized carbons (Fsp3) is 0.643. The second-order valence-electron chi connectivity index (χ2n) is 5.34. The summed E-state index contributed by atoms with van der Waals surface area (Å²) in [6.45, 7) is 6.88. The molecule has 0 saturated heterocycles. The number of rotatable bonds is 7. The molecule has 0 aliphatic rings. The van der Waals surface area contributed by atoms with Crippen LogP contribution in [0.25, 0.3) is 0 Å². The number of nitrogens with one attached hydrogen (secondary N) is 1. The summed E-state index contributed by atoms with van der Waals surface area (Å²) in [6, 6.07) is 0.0280. The summed E-state index contributed by atoms with van der Waals surface area (Å²) in [4.78, 5) is 29.8. The van der Waals surface area contributed by atoms with Gasteiger partial charge in [0.1, 0.15) is 5.69 Å². The molecule has 1 aromatic rings. The minimum absolute atomic E-state index is 0.0280. The minimum atomic E-state index is -0.491. The number of likely N-dealkylation sites (N-methyl/N-ethyl adjacent to an activating group) is 1. The lowest BCUT2D eigenvalue weighted by Gasteiger charge is -2.25. The van der Waals surface area contributed by atoms with Crippen molar-refractivity contribution < 1.29 is 14.3 Å². The van der Waals surface area contributed by atoms with Crippen LogP contribution in [0, 0.1) is 5.92 Å². The van der Waals surface area contributed by atoms with Crippen LogP contribution in [0.15, 0.2) is 5.38 Å². The summed E-state index contributed by atoms with van der Waals surface area (Å²) in [7, 11) is 3.92. The van der Waals surface area contributed by atoms with E-state index in [9.17, 15) is 9.59 Å². The fourth-order valence-electron chi connectivity index (χ4n) is 1.72. The lowest BCUT2D eigenvalue weighted by molar-refractivity contribution is 0.0526. The molecular formula is C14H23N3O3S. The molecule has 7 heteroatoms. The number of esters is 1. The molecule has 0 spiro atoms. The average Bonchev–Trinajstić information content (AvgIpc) is 2.87. The topological polar surface area (TPSA) is 71.5 Å². The second kappa shape index (κ2) is 8.09. The maximum absolute atomic E-state index is 12.2. The van der Waals surface area contributed by atoms with Crippen molar-refractivity contribution in [1.29, 1.82) is 0 Å². The number of thiazole rings is 1. The number of amides is 1. The highest BCUT2D eigenvalue weighted by atomic mass is 32.1. The van der Waals surface area contributed by atoms with Crippen molar-refractivity contribution in [1.82, 2.24) is 15.2 Å². The monoisotopic (exact) mass is 313 g/mol. The summed E-state index contributed by atoms with van der Waals surface area (Å²) in [5, 5.41) is 4.74. The van der Waals surface area contributed by atoms with Gasteiger partial charge in [-0.25, -0.2) is 9.78 Å². The molecule has 0 aliphatic heterocycles. The Kier molecular flexibility index (Phi) is 6.77. The highest BCUT2D eigenvalue weighted by Gasteiger charge is 2.21. The van der Waals surface area contributed by atoms with Crippen molar-refractivity contribution in [3.63, 3.8) is 0 Å². The van der Waals surface area contributed by atoms with Crippen LogP contribution in [0.1, 0.15) is 41.1 Å². The third-order valence-corrected chi connectivity index (χ3v) is 3.69. The molecule has 0 aromatic carbocycles. The molecule has 0 aliphatic carbocycles. The zero-order valence-electron chi connectivity index (χ0n) is 13.2. The maximum Gasteiger partial charge on any atom is 0.367 e. The number of nitrogens with zero attached hydrogens (tertiary/aromatic N) is 2. The van der Waals surface area contributed by atoms with Crippen molar-refractivity contribution in [3.8, 4) is 0 Å². The molecule has 0 fully saturated rings. The summed E-state index contributed by atoms with van der Waals surface area (Å²) < 4.78 is 4.86. The predicted octanol–water partition coefficient (Wildman–Crippen LogP) is 1.64. The highest BCUT2D eigenvalue weighted by Crippen LogP contribution is 2.12. The Morgan fingerprint density at radius 2 is 2.10 bits per heavy atom. The second-order valence-corrected chi connectivity index (χ2v) is 6.20. The molecule has 21 heavy (non-hydrogen) atoms. The number of ether oxygens (including phenoxy) is 1. The van der Waals surface area contributed by atoms with Gasteiger partial charge in [0.05, 0.1) is 6.61 Å². The molecule has 1 N–H and O–H groups in total. The van der Waals surface area contributed by atoms with E-state index in [-0.39, 0.29) is 29.3 Å². The Balaban J connectivity index is 2.72. The Morgan fingerprint density at radius 1 is 1.43 bits per heavy atom. The van der Waals surface area contributed by atoms with E-state index in [2.05, 4.69) is 24.1 Å². The van der Waals surface area contributed by atoms with Gasteiger partial charge in [-0.3, -0.25) is 4.79 Å². The average molecular weight is 313 g/mol. The van der Waals surface area contributed by atoms with Gasteiger partial charge < -0.3 is 15.0 Å². The van der Waals surface area contributed by atoms with Crippen LogP contribution in [-0.2, 0) is 4.74 Å². The van der Waals surface area contributed by atoms with E-state index in [1.165, 1.54) is 0 Å². The summed E-state index contributed by atoms with van der Waals surface area (Å²) >= 11 is 1.12. The molecule has 0 bridgehead atoms. The van der Waals surface area contributed by atoms with Crippen molar-refractivity contribution in [2.45, 2.75) is 26.8 Å². The number of hydrogen-bond acceptors (Lipinski definition) is 6. The summed E-state index contributed by atoms with van der Waals surface area (Å²) in [5.74, 6) is -0.447. The van der Waals surface area contributed by atoms with E-state index in [1.807, 2.05) is 19.0 Å². The van der Waals surface area contributed by atoms with Crippen LogP contribution in [-0.4, -0.2) is 55.0 Å². The molecule has 0 radical (unpaired) electrons. The van der Waals surface area contributed by atoms with Gasteiger partial charge in [0.25, 0.3) is 5.91 Å². The molecular weight excluding hydrogens is 290 g/mol. The summed E-state index contributed by atoms with van der Waals surface area (Å²) in [5.41, 5.74) is 0.257. The first kappa shape index (κ1) is 17.6. The third-order valence-electron chi connectivity index (χ3n) is 2.87. The van der Waals surface area contributed by atoms with Crippen molar-refractivity contribution >= 4 is 23.2 Å². The third kappa shape index (κ3) is 5.43. The molecule has 1 aromatic heterocycles. The Morgan fingerprint density at radius 3 is 2.62 bits per heavy atom. The lowest BCUT2D eigenvalue weighted by Crippen LogP contribution is -2.45. The molecule has 1 heterocycles. The first-order valence-corrected chi connectivity index (χ1v) is 7.81. The number of aromatic nitrogens is 1. The van der Waals surface area contributed by atoms with Crippen molar-refractivity contribution in [2.24, 2.45) is 5.92 Å². The van der Waals surface area contributed by atoms with Crippen molar-refractivity contribution in [3.05, 3.63) is 16.1 Å². The molecule has 1 atom stereocenters. The molecule has 1 rings (SSSR count). The van der Waals surface area contributed by atoms with Gasteiger partial charge in [0, 0.05) is 18.0 Å². The number of carbonyl (C=O) groups is 2. The lowest BCUT2D eigenvalue weighted by atomic mass is 10.0. The van der Waals surface area contributed by atoms with Crippen LogP contribution in [0.5, 0.6) is 0 Å². The fourth-order valence-corrected chi connectivity index (χ4v) is 2.41. The van der Waals surface area contributed by atoms with Gasteiger partial charge in [0.2, 0.25) is 5.01 Å². The molecule has 6 nitrogen and oxygen atoms in total. The normalized spacial score (nSPS) is 12.5.